The molecule has 0 bridgehead atoms. The number of thiazole rings is 1. The molecule has 6 nitrogen and oxygen atoms in total. The number of carbonyl (C=O) groups is 1. The molecule has 0 aliphatic heterocycles. The third kappa shape index (κ3) is 4.41. The zero-order valence-corrected chi connectivity index (χ0v) is 17.6. The lowest BCUT2D eigenvalue weighted by atomic mass is 10.2. The van der Waals surface area contributed by atoms with E-state index in [1.54, 1.807) is 23.7 Å². The number of benzene rings is 1. The summed E-state index contributed by atoms with van der Waals surface area (Å²) >= 11 is 1.54. The van der Waals surface area contributed by atoms with Crippen LogP contribution < -0.4 is 10.1 Å². The van der Waals surface area contributed by atoms with Crippen molar-refractivity contribution in [3.05, 3.63) is 94.4 Å². The molecule has 1 N–H and O–H groups in total. The Morgan fingerprint density at radius 3 is 2.67 bits per heavy atom. The fourth-order valence-electron chi connectivity index (χ4n) is 3.26. The highest BCUT2D eigenvalue weighted by atomic mass is 32.1. The summed E-state index contributed by atoms with van der Waals surface area (Å²) in [6.45, 7) is 4.76. The molecule has 0 aliphatic carbocycles. The molecule has 152 valence electrons. The number of amides is 1. The number of nitrogens with one attached hydrogen (secondary N) is 1. The van der Waals surface area contributed by atoms with Gasteiger partial charge in [-0.1, -0.05) is 30.3 Å². The lowest BCUT2D eigenvalue weighted by Crippen LogP contribution is -2.23. The first-order valence-electron chi connectivity index (χ1n) is 9.60. The van der Waals surface area contributed by atoms with Crippen molar-refractivity contribution in [1.29, 1.82) is 0 Å². The molecule has 4 aromatic rings. The van der Waals surface area contributed by atoms with Crippen LogP contribution in [0.4, 0.5) is 0 Å². The molecule has 0 unspecified atom stereocenters. The highest BCUT2D eigenvalue weighted by molar-refractivity contribution is 7.12. The Morgan fingerprint density at radius 2 is 1.90 bits per heavy atom. The second-order valence-corrected chi connectivity index (χ2v) is 7.77. The Balaban J connectivity index is 1.40. The molecule has 1 aromatic carbocycles. The molecular weight excluding hydrogens is 396 g/mol. The summed E-state index contributed by atoms with van der Waals surface area (Å²) in [5, 5.41) is 5.78. The molecule has 1 amide bonds. The van der Waals surface area contributed by atoms with Gasteiger partial charge in [-0.15, -0.1) is 11.3 Å². The Labute approximate surface area is 179 Å². The molecule has 4 rings (SSSR count). The quantitative estimate of drug-likeness (QED) is 0.481. The first kappa shape index (κ1) is 19.8. The highest BCUT2D eigenvalue weighted by Gasteiger charge is 2.17. The van der Waals surface area contributed by atoms with Crippen molar-refractivity contribution in [3.63, 3.8) is 0 Å². The molecule has 3 aromatic heterocycles. The summed E-state index contributed by atoms with van der Waals surface area (Å²) in [5.74, 6) is 0.419. The average Bonchev–Trinajstić information content (AvgIpc) is 3.39. The number of pyridine rings is 1. The van der Waals surface area contributed by atoms with Crippen molar-refractivity contribution < 1.29 is 9.53 Å². The van der Waals surface area contributed by atoms with Crippen LogP contribution in [0, 0.1) is 13.8 Å². The van der Waals surface area contributed by atoms with E-state index in [0.29, 0.717) is 24.6 Å². The van der Waals surface area contributed by atoms with Gasteiger partial charge in [-0.05, 0) is 37.1 Å². The predicted molar refractivity (Wildman–Crippen MR) is 117 cm³/mol. The van der Waals surface area contributed by atoms with Crippen LogP contribution in [0.3, 0.4) is 0 Å². The number of aromatic nitrogens is 3. The molecule has 0 atom stereocenters. The summed E-state index contributed by atoms with van der Waals surface area (Å²) in [7, 11) is 0. The van der Waals surface area contributed by atoms with Gasteiger partial charge in [0.2, 0.25) is 5.88 Å². The van der Waals surface area contributed by atoms with Crippen LogP contribution in [0.5, 0.6) is 5.88 Å². The maximum Gasteiger partial charge on any atom is 0.253 e. The van der Waals surface area contributed by atoms with Gasteiger partial charge in [-0.3, -0.25) is 9.36 Å². The normalized spacial score (nSPS) is 10.7. The van der Waals surface area contributed by atoms with Crippen molar-refractivity contribution in [1.82, 2.24) is 19.9 Å². The fourth-order valence-corrected chi connectivity index (χ4v) is 4.01. The van der Waals surface area contributed by atoms with Gasteiger partial charge < -0.3 is 10.1 Å². The molecule has 0 aliphatic rings. The largest absolute Gasteiger partial charge is 0.473 e. The molecule has 0 saturated carbocycles. The molecule has 0 fully saturated rings. The lowest BCUT2D eigenvalue weighted by Gasteiger charge is -2.09. The average molecular weight is 419 g/mol. The van der Waals surface area contributed by atoms with Crippen LogP contribution in [-0.4, -0.2) is 20.4 Å². The monoisotopic (exact) mass is 418 g/mol. The van der Waals surface area contributed by atoms with Crippen LogP contribution in [0.25, 0.3) is 5.13 Å². The predicted octanol–water partition coefficient (Wildman–Crippen LogP) is 4.45. The highest BCUT2D eigenvalue weighted by Crippen LogP contribution is 2.22. The van der Waals surface area contributed by atoms with E-state index in [2.05, 4.69) is 15.3 Å². The van der Waals surface area contributed by atoms with Gasteiger partial charge in [0, 0.05) is 41.8 Å². The number of aryl methyl sites for hydroxylation is 1. The minimum absolute atomic E-state index is 0.116. The van der Waals surface area contributed by atoms with Crippen molar-refractivity contribution in [2.75, 3.05) is 0 Å². The van der Waals surface area contributed by atoms with E-state index in [4.69, 9.17) is 4.74 Å². The van der Waals surface area contributed by atoms with Gasteiger partial charge in [0.05, 0.1) is 5.56 Å². The van der Waals surface area contributed by atoms with Crippen LogP contribution in [0.1, 0.15) is 32.9 Å². The number of ether oxygens (including phenoxy) is 1. The summed E-state index contributed by atoms with van der Waals surface area (Å²) in [4.78, 5) is 21.4. The summed E-state index contributed by atoms with van der Waals surface area (Å²) < 4.78 is 7.77. The minimum Gasteiger partial charge on any atom is -0.473 e. The van der Waals surface area contributed by atoms with Gasteiger partial charge in [0.1, 0.15) is 6.61 Å². The maximum absolute atomic E-state index is 12.8. The van der Waals surface area contributed by atoms with Crippen LogP contribution in [0.2, 0.25) is 0 Å². The second-order valence-electron chi connectivity index (χ2n) is 6.89. The lowest BCUT2D eigenvalue weighted by molar-refractivity contribution is 0.0950. The number of hydrogen-bond donors (Lipinski definition) is 1. The Kier molecular flexibility index (Phi) is 5.90. The zero-order valence-electron chi connectivity index (χ0n) is 16.8. The maximum atomic E-state index is 12.8. The molecule has 0 radical (unpaired) electrons. The van der Waals surface area contributed by atoms with E-state index in [0.717, 1.165) is 27.6 Å². The van der Waals surface area contributed by atoms with Crippen molar-refractivity contribution in [3.8, 4) is 11.0 Å². The van der Waals surface area contributed by atoms with Crippen LogP contribution in [-0.2, 0) is 13.2 Å². The molecular formula is C23H22N4O2S. The molecule has 0 saturated heterocycles. The first-order chi connectivity index (χ1) is 14.6. The Bertz CT molecular complexity index is 1140. The Morgan fingerprint density at radius 1 is 1.07 bits per heavy atom. The van der Waals surface area contributed by atoms with Crippen molar-refractivity contribution in [2.45, 2.75) is 27.0 Å². The zero-order chi connectivity index (χ0) is 20.9. The minimum atomic E-state index is -0.116. The number of carbonyl (C=O) groups excluding carboxylic acids is 1. The van der Waals surface area contributed by atoms with Crippen molar-refractivity contribution in [2.24, 2.45) is 0 Å². The van der Waals surface area contributed by atoms with E-state index in [-0.39, 0.29) is 5.91 Å². The van der Waals surface area contributed by atoms with Gasteiger partial charge in [-0.2, -0.15) is 0 Å². The molecule has 3 heterocycles. The summed E-state index contributed by atoms with van der Waals surface area (Å²) in [6.07, 6.45) is 3.45. The SMILES string of the molecule is Cc1cc(C(=O)NCc2ccnc(OCc3ccccc3)c2)c(C)n1-c1nccs1. The smallest absolute Gasteiger partial charge is 0.253 e. The second kappa shape index (κ2) is 8.92. The van der Waals surface area contributed by atoms with Gasteiger partial charge in [-0.25, -0.2) is 9.97 Å². The standard InChI is InChI=1S/C23H22N4O2S/c1-16-12-20(17(2)27(16)23-25-10-11-30-23)22(28)26-14-19-8-9-24-21(13-19)29-15-18-6-4-3-5-7-18/h3-13H,14-15H2,1-2H3,(H,26,28). The van der Waals surface area contributed by atoms with E-state index >= 15 is 0 Å². The van der Waals surface area contributed by atoms with E-state index in [1.807, 2.05) is 72.3 Å². The van der Waals surface area contributed by atoms with Gasteiger partial charge >= 0.3 is 0 Å². The third-order valence-corrected chi connectivity index (χ3v) is 5.52. The number of rotatable bonds is 7. The van der Waals surface area contributed by atoms with Crippen LogP contribution in [0.15, 0.2) is 66.3 Å². The third-order valence-electron chi connectivity index (χ3n) is 4.77. The topological polar surface area (TPSA) is 69.0 Å². The molecule has 0 spiro atoms. The molecule has 7 heteroatoms. The van der Waals surface area contributed by atoms with Crippen molar-refractivity contribution >= 4 is 17.2 Å². The Hall–Kier alpha value is -3.45. The first-order valence-corrected chi connectivity index (χ1v) is 10.5. The van der Waals surface area contributed by atoms with E-state index in [9.17, 15) is 4.79 Å². The van der Waals surface area contributed by atoms with Crippen LogP contribution >= 0.6 is 11.3 Å². The molecule has 30 heavy (non-hydrogen) atoms. The summed E-state index contributed by atoms with van der Waals surface area (Å²) in [6, 6.07) is 15.6. The van der Waals surface area contributed by atoms with E-state index in [1.165, 1.54) is 0 Å². The van der Waals surface area contributed by atoms with Gasteiger partial charge in [0.15, 0.2) is 5.13 Å². The number of hydrogen-bond acceptors (Lipinski definition) is 5. The van der Waals surface area contributed by atoms with Gasteiger partial charge in [0.25, 0.3) is 5.91 Å². The fraction of sp³-hybridized carbons (Fsp3) is 0.174. The summed E-state index contributed by atoms with van der Waals surface area (Å²) in [5.41, 5.74) is 4.51. The van der Waals surface area contributed by atoms with E-state index < -0.39 is 0 Å². The number of nitrogens with zero attached hydrogens (tertiary/aromatic N) is 3.